The molecule has 4 rings (SSSR count). The number of carbonyl (C=O) groups excluding carboxylic acids is 1. The van der Waals surface area contributed by atoms with Crippen LogP contribution in [0.4, 0.5) is 5.69 Å². The number of carbonyl (C=O) groups is 1. The van der Waals surface area contributed by atoms with Crippen molar-refractivity contribution in [3.05, 3.63) is 101 Å². The van der Waals surface area contributed by atoms with E-state index in [4.69, 9.17) is 4.74 Å². The third-order valence-corrected chi connectivity index (χ3v) is 4.75. The Bertz CT molecular complexity index is 891. The molecule has 3 heteroatoms. The summed E-state index contributed by atoms with van der Waals surface area (Å²) in [7, 11) is 0. The second kappa shape index (κ2) is 7.54. The predicted molar refractivity (Wildman–Crippen MR) is 103 cm³/mol. The average Bonchev–Trinajstić information content (AvgIpc) is 3.17. The molecule has 0 N–H and O–H groups in total. The Labute approximate surface area is 153 Å². The molecule has 0 saturated carbocycles. The molecule has 0 saturated heterocycles. The Kier molecular flexibility index (Phi) is 4.80. The van der Waals surface area contributed by atoms with Crippen molar-refractivity contribution in [1.29, 1.82) is 0 Å². The fraction of sp³-hybridized carbons (Fsp3) is 0.174. The number of ether oxygens (including phenoxy) is 1. The molecule has 3 aromatic rings. The monoisotopic (exact) mass is 343 g/mol. The van der Waals surface area contributed by atoms with Gasteiger partial charge in [-0.3, -0.25) is 4.79 Å². The van der Waals surface area contributed by atoms with E-state index >= 15 is 0 Å². The maximum Gasteiger partial charge on any atom is 0.258 e. The molecule has 0 spiro atoms. The van der Waals surface area contributed by atoms with Gasteiger partial charge in [0.15, 0.2) is 0 Å². The van der Waals surface area contributed by atoms with E-state index in [2.05, 4.69) is 12.1 Å². The van der Waals surface area contributed by atoms with Gasteiger partial charge in [0.25, 0.3) is 5.91 Å². The molecule has 130 valence electrons. The maximum atomic E-state index is 13.3. The highest BCUT2D eigenvalue weighted by Crippen LogP contribution is 2.23. The third kappa shape index (κ3) is 3.53. The summed E-state index contributed by atoms with van der Waals surface area (Å²) in [6.45, 7) is 1.87. The van der Waals surface area contributed by atoms with Gasteiger partial charge in [0.1, 0.15) is 0 Å². The topological polar surface area (TPSA) is 29.5 Å². The third-order valence-electron chi connectivity index (χ3n) is 4.75. The molecule has 0 aromatic heterocycles. The molecule has 26 heavy (non-hydrogen) atoms. The van der Waals surface area contributed by atoms with Crippen LogP contribution in [0.1, 0.15) is 27.0 Å². The summed E-state index contributed by atoms with van der Waals surface area (Å²) in [6.07, 6.45) is 0.815. The van der Waals surface area contributed by atoms with Crippen molar-refractivity contribution in [3.8, 4) is 0 Å². The molecular weight excluding hydrogens is 322 g/mol. The smallest absolute Gasteiger partial charge is 0.258 e. The van der Waals surface area contributed by atoms with Gasteiger partial charge < -0.3 is 9.64 Å². The normalized spacial score (nSPS) is 12.6. The van der Waals surface area contributed by atoms with Crippen molar-refractivity contribution in [2.24, 2.45) is 0 Å². The Hall–Kier alpha value is -2.91. The summed E-state index contributed by atoms with van der Waals surface area (Å²) in [5.41, 5.74) is 5.16. The van der Waals surface area contributed by atoms with Gasteiger partial charge in [-0.1, -0.05) is 54.6 Å². The van der Waals surface area contributed by atoms with Crippen LogP contribution in [0.3, 0.4) is 0 Å². The number of anilines is 1. The van der Waals surface area contributed by atoms with Crippen LogP contribution in [0.15, 0.2) is 78.9 Å². The van der Waals surface area contributed by atoms with Crippen molar-refractivity contribution in [3.63, 3.8) is 0 Å². The summed E-state index contributed by atoms with van der Waals surface area (Å²) in [5, 5.41) is 0. The first kappa shape index (κ1) is 16.6. The van der Waals surface area contributed by atoms with Gasteiger partial charge >= 0.3 is 0 Å². The number of fused-ring (bicyclic) bond motifs is 1. The van der Waals surface area contributed by atoms with E-state index in [-0.39, 0.29) is 5.91 Å². The number of amides is 1. The molecular formula is C23H21NO2. The van der Waals surface area contributed by atoms with Crippen LogP contribution in [0.2, 0.25) is 0 Å². The van der Waals surface area contributed by atoms with Gasteiger partial charge in [0.05, 0.1) is 13.2 Å². The van der Waals surface area contributed by atoms with Crippen LogP contribution in [-0.4, -0.2) is 12.5 Å². The van der Waals surface area contributed by atoms with E-state index in [9.17, 15) is 4.79 Å². The first-order valence-corrected chi connectivity index (χ1v) is 8.91. The highest BCUT2D eigenvalue weighted by molar-refractivity contribution is 6.06. The van der Waals surface area contributed by atoms with E-state index in [1.54, 1.807) is 0 Å². The predicted octanol–water partition coefficient (Wildman–Crippen LogP) is 4.61. The van der Waals surface area contributed by atoms with Crippen LogP contribution in [-0.2, 0) is 24.4 Å². The highest BCUT2D eigenvalue weighted by atomic mass is 16.5. The number of nitrogens with zero attached hydrogens (tertiary/aromatic N) is 1. The summed E-state index contributed by atoms with van der Waals surface area (Å²) in [5.74, 6) is 0.0295. The van der Waals surface area contributed by atoms with Gasteiger partial charge in [-0.15, -0.1) is 0 Å². The standard InChI is InChI=1S/C23H21NO2/c25-23(19-11-12-20-16-26-17-21(20)15-19)24(22-9-5-2-6-10-22)14-13-18-7-3-1-4-8-18/h1-12,15H,13-14,16-17H2. The quantitative estimate of drug-likeness (QED) is 0.677. The Morgan fingerprint density at radius 3 is 2.31 bits per heavy atom. The van der Waals surface area contributed by atoms with Gasteiger partial charge in [-0.25, -0.2) is 0 Å². The van der Waals surface area contributed by atoms with Crippen LogP contribution in [0.5, 0.6) is 0 Å². The Morgan fingerprint density at radius 2 is 1.54 bits per heavy atom. The molecule has 1 amide bonds. The minimum Gasteiger partial charge on any atom is -0.372 e. The summed E-state index contributed by atoms with van der Waals surface area (Å²) in [6, 6.07) is 26.0. The molecule has 0 radical (unpaired) electrons. The molecule has 0 bridgehead atoms. The Balaban J connectivity index is 1.60. The second-order valence-electron chi connectivity index (χ2n) is 6.50. The number of para-hydroxylation sites is 1. The first-order valence-electron chi connectivity index (χ1n) is 8.91. The SMILES string of the molecule is O=C(c1ccc2c(c1)COC2)N(CCc1ccccc1)c1ccccc1. The zero-order valence-electron chi connectivity index (χ0n) is 14.6. The van der Waals surface area contributed by atoms with Crippen LogP contribution in [0, 0.1) is 0 Å². The molecule has 3 aromatic carbocycles. The number of rotatable bonds is 5. The summed E-state index contributed by atoms with van der Waals surface area (Å²) >= 11 is 0. The molecule has 0 aliphatic carbocycles. The van der Waals surface area contributed by atoms with E-state index < -0.39 is 0 Å². The van der Waals surface area contributed by atoms with Crippen molar-refractivity contribution in [1.82, 2.24) is 0 Å². The van der Waals surface area contributed by atoms with Gasteiger partial charge in [-0.2, -0.15) is 0 Å². The largest absolute Gasteiger partial charge is 0.372 e. The minimum atomic E-state index is 0.0295. The lowest BCUT2D eigenvalue weighted by molar-refractivity contribution is 0.0987. The summed E-state index contributed by atoms with van der Waals surface area (Å²) in [4.78, 5) is 15.1. The van der Waals surface area contributed by atoms with Crippen molar-refractivity contribution >= 4 is 11.6 Å². The summed E-state index contributed by atoms with van der Waals surface area (Å²) < 4.78 is 5.48. The number of benzene rings is 3. The van der Waals surface area contributed by atoms with Crippen LogP contribution < -0.4 is 4.90 Å². The number of hydrogen-bond donors (Lipinski definition) is 0. The first-order chi connectivity index (χ1) is 12.8. The minimum absolute atomic E-state index is 0.0295. The second-order valence-corrected chi connectivity index (χ2v) is 6.50. The van der Waals surface area contributed by atoms with Crippen LogP contribution >= 0.6 is 0 Å². The number of hydrogen-bond acceptors (Lipinski definition) is 2. The van der Waals surface area contributed by atoms with E-state index in [1.165, 1.54) is 11.1 Å². The van der Waals surface area contributed by atoms with E-state index in [0.29, 0.717) is 25.3 Å². The van der Waals surface area contributed by atoms with Gasteiger partial charge in [0.2, 0.25) is 0 Å². The average molecular weight is 343 g/mol. The zero-order chi connectivity index (χ0) is 17.8. The van der Waals surface area contributed by atoms with E-state index in [0.717, 1.165) is 17.7 Å². The van der Waals surface area contributed by atoms with Crippen molar-refractivity contribution in [2.75, 3.05) is 11.4 Å². The molecule has 1 aliphatic heterocycles. The lowest BCUT2D eigenvalue weighted by Gasteiger charge is -2.23. The van der Waals surface area contributed by atoms with Crippen molar-refractivity contribution < 1.29 is 9.53 Å². The Morgan fingerprint density at radius 1 is 0.846 bits per heavy atom. The molecule has 0 unspecified atom stereocenters. The lowest BCUT2D eigenvalue weighted by atomic mass is 10.0. The molecule has 1 aliphatic rings. The molecule has 3 nitrogen and oxygen atoms in total. The van der Waals surface area contributed by atoms with Gasteiger partial charge in [0, 0.05) is 17.8 Å². The maximum absolute atomic E-state index is 13.3. The fourth-order valence-electron chi connectivity index (χ4n) is 3.30. The molecule has 1 heterocycles. The van der Waals surface area contributed by atoms with Crippen molar-refractivity contribution in [2.45, 2.75) is 19.6 Å². The highest BCUT2D eigenvalue weighted by Gasteiger charge is 2.20. The van der Waals surface area contributed by atoms with Gasteiger partial charge in [-0.05, 0) is 47.4 Å². The van der Waals surface area contributed by atoms with E-state index in [1.807, 2.05) is 71.6 Å². The molecule has 0 fully saturated rings. The zero-order valence-corrected chi connectivity index (χ0v) is 14.6. The molecule has 0 atom stereocenters. The fourth-order valence-corrected chi connectivity index (χ4v) is 3.30. The van der Waals surface area contributed by atoms with Crippen LogP contribution in [0.25, 0.3) is 0 Å². The lowest BCUT2D eigenvalue weighted by Crippen LogP contribution is -2.33.